The molecule has 0 aliphatic carbocycles. The molecule has 3 aromatic carbocycles. The fourth-order valence-electron chi connectivity index (χ4n) is 2.44. The van der Waals surface area contributed by atoms with Crippen molar-refractivity contribution < 1.29 is 21.8 Å². The molecule has 0 aromatic heterocycles. The van der Waals surface area contributed by atoms with Gasteiger partial charge in [0, 0.05) is 12.1 Å². The highest BCUT2D eigenvalue weighted by Crippen LogP contribution is 2.25. The van der Waals surface area contributed by atoms with Gasteiger partial charge in [0.05, 0.1) is 25.3 Å². The van der Waals surface area contributed by atoms with Crippen molar-refractivity contribution in [2.24, 2.45) is 0 Å². The zero-order valence-electron chi connectivity index (χ0n) is 14.2. The summed E-state index contributed by atoms with van der Waals surface area (Å²) in [7, 11) is -8.05. The standard InChI is InChI=1S/C18H14N2O6S2/c21-20(22)15-7-4-6-14(12-15)19-28(25,26)18-11-5-10-17(13-18)27(23,24)16-8-2-1-3-9-16/h1-13,19H. The molecule has 0 heterocycles. The van der Waals surface area contributed by atoms with E-state index >= 15 is 0 Å². The highest BCUT2D eigenvalue weighted by molar-refractivity contribution is 7.93. The van der Waals surface area contributed by atoms with Gasteiger partial charge in [-0.15, -0.1) is 0 Å². The van der Waals surface area contributed by atoms with Crippen molar-refractivity contribution in [3.05, 3.63) is 89.0 Å². The molecule has 8 nitrogen and oxygen atoms in total. The minimum atomic E-state index is -4.16. The number of nitrogens with one attached hydrogen (secondary N) is 1. The maximum Gasteiger partial charge on any atom is 0.271 e. The molecule has 0 atom stereocenters. The number of rotatable bonds is 6. The first-order chi connectivity index (χ1) is 13.2. The molecule has 0 amide bonds. The van der Waals surface area contributed by atoms with Crippen LogP contribution in [0.1, 0.15) is 0 Å². The quantitative estimate of drug-likeness (QED) is 0.484. The van der Waals surface area contributed by atoms with Gasteiger partial charge < -0.3 is 0 Å². The second-order valence-electron chi connectivity index (χ2n) is 5.70. The minimum absolute atomic E-state index is 0.00878. The summed E-state index contributed by atoms with van der Waals surface area (Å²) in [5.74, 6) is 0. The van der Waals surface area contributed by atoms with Crippen molar-refractivity contribution in [1.82, 2.24) is 0 Å². The smallest absolute Gasteiger partial charge is 0.271 e. The second-order valence-corrected chi connectivity index (χ2v) is 9.34. The zero-order valence-corrected chi connectivity index (χ0v) is 15.9. The van der Waals surface area contributed by atoms with Crippen LogP contribution in [-0.2, 0) is 19.9 Å². The van der Waals surface area contributed by atoms with Crippen LogP contribution in [0.5, 0.6) is 0 Å². The first kappa shape index (κ1) is 19.5. The molecular weight excluding hydrogens is 404 g/mol. The van der Waals surface area contributed by atoms with Crippen LogP contribution in [-0.4, -0.2) is 21.8 Å². The number of benzene rings is 3. The normalized spacial score (nSPS) is 11.7. The first-order valence-corrected chi connectivity index (χ1v) is 10.8. The highest BCUT2D eigenvalue weighted by atomic mass is 32.2. The number of hydrogen-bond acceptors (Lipinski definition) is 6. The Labute approximate surface area is 161 Å². The lowest BCUT2D eigenvalue weighted by atomic mass is 10.3. The number of non-ortho nitro benzene ring substituents is 1. The molecule has 0 saturated carbocycles. The van der Waals surface area contributed by atoms with Gasteiger partial charge >= 0.3 is 0 Å². The Morgan fingerprint density at radius 3 is 2.00 bits per heavy atom. The third-order valence-corrected chi connectivity index (χ3v) is 6.94. The summed E-state index contributed by atoms with van der Waals surface area (Å²) >= 11 is 0. The van der Waals surface area contributed by atoms with Crippen LogP contribution in [0.25, 0.3) is 0 Å². The molecule has 0 spiro atoms. The summed E-state index contributed by atoms with van der Waals surface area (Å²) in [5, 5.41) is 10.8. The van der Waals surface area contributed by atoms with Crippen LogP contribution in [0.3, 0.4) is 0 Å². The molecule has 0 radical (unpaired) electrons. The third kappa shape index (κ3) is 4.02. The van der Waals surface area contributed by atoms with Crippen LogP contribution >= 0.6 is 0 Å². The average Bonchev–Trinajstić information content (AvgIpc) is 2.68. The van der Waals surface area contributed by atoms with Crippen molar-refractivity contribution in [2.45, 2.75) is 14.7 Å². The van der Waals surface area contributed by atoms with Gasteiger partial charge in [0.1, 0.15) is 0 Å². The summed E-state index contributed by atoms with van der Waals surface area (Å²) in [6.45, 7) is 0. The van der Waals surface area contributed by atoms with Crippen molar-refractivity contribution in [1.29, 1.82) is 0 Å². The number of sulfonamides is 1. The van der Waals surface area contributed by atoms with E-state index in [1.54, 1.807) is 18.2 Å². The van der Waals surface area contributed by atoms with E-state index in [0.717, 1.165) is 12.1 Å². The van der Waals surface area contributed by atoms with Gasteiger partial charge in [0.2, 0.25) is 9.84 Å². The lowest BCUT2D eigenvalue weighted by Crippen LogP contribution is -2.14. The monoisotopic (exact) mass is 418 g/mol. The van der Waals surface area contributed by atoms with E-state index in [-0.39, 0.29) is 26.1 Å². The van der Waals surface area contributed by atoms with Gasteiger partial charge in [0.25, 0.3) is 15.7 Å². The molecule has 0 unspecified atom stereocenters. The third-order valence-electron chi connectivity index (χ3n) is 3.79. The van der Waals surface area contributed by atoms with Gasteiger partial charge in [-0.1, -0.05) is 30.3 Å². The molecule has 28 heavy (non-hydrogen) atoms. The Morgan fingerprint density at radius 2 is 1.32 bits per heavy atom. The van der Waals surface area contributed by atoms with Crippen molar-refractivity contribution in [3.63, 3.8) is 0 Å². The van der Waals surface area contributed by atoms with Gasteiger partial charge in [0.15, 0.2) is 0 Å². The number of sulfone groups is 1. The lowest BCUT2D eigenvalue weighted by molar-refractivity contribution is -0.384. The van der Waals surface area contributed by atoms with Crippen molar-refractivity contribution in [3.8, 4) is 0 Å². The Balaban J connectivity index is 1.97. The summed E-state index contributed by atoms with van der Waals surface area (Å²) in [6.07, 6.45) is 0. The second kappa shape index (κ2) is 7.41. The topological polar surface area (TPSA) is 123 Å². The van der Waals surface area contributed by atoms with Crippen LogP contribution in [0.15, 0.2) is 93.5 Å². The summed E-state index contributed by atoms with van der Waals surface area (Å²) in [4.78, 5) is 9.77. The van der Waals surface area contributed by atoms with E-state index in [4.69, 9.17) is 0 Å². The molecule has 144 valence electrons. The first-order valence-electron chi connectivity index (χ1n) is 7.88. The largest absolute Gasteiger partial charge is 0.279 e. The fraction of sp³-hybridized carbons (Fsp3) is 0. The maximum atomic E-state index is 12.7. The molecule has 0 saturated heterocycles. The van der Waals surface area contributed by atoms with Gasteiger partial charge in [-0.3, -0.25) is 14.8 Å². The number of nitro benzene ring substituents is 1. The van der Waals surface area contributed by atoms with E-state index in [0.29, 0.717) is 0 Å². The van der Waals surface area contributed by atoms with Gasteiger partial charge in [-0.25, -0.2) is 16.8 Å². The Kier molecular flexibility index (Phi) is 5.16. The lowest BCUT2D eigenvalue weighted by Gasteiger charge is -2.10. The van der Waals surface area contributed by atoms with Crippen LogP contribution < -0.4 is 4.72 Å². The average molecular weight is 418 g/mol. The van der Waals surface area contributed by atoms with Crippen molar-refractivity contribution >= 4 is 31.2 Å². The van der Waals surface area contributed by atoms with Crippen molar-refractivity contribution in [2.75, 3.05) is 4.72 Å². The molecule has 0 fully saturated rings. The number of anilines is 1. The van der Waals surface area contributed by atoms with E-state index < -0.39 is 24.8 Å². The van der Waals surface area contributed by atoms with E-state index in [1.165, 1.54) is 48.5 Å². The van der Waals surface area contributed by atoms with E-state index in [9.17, 15) is 26.9 Å². The van der Waals surface area contributed by atoms with Crippen LogP contribution in [0.2, 0.25) is 0 Å². The van der Waals surface area contributed by atoms with Crippen LogP contribution in [0, 0.1) is 10.1 Å². The highest BCUT2D eigenvalue weighted by Gasteiger charge is 2.22. The number of hydrogen-bond donors (Lipinski definition) is 1. The predicted octanol–water partition coefficient (Wildman–Crippen LogP) is 3.23. The van der Waals surface area contributed by atoms with Gasteiger partial charge in [-0.05, 0) is 36.4 Å². The number of nitro groups is 1. The SMILES string of the molecule is O=[N+]([O-])c1cccc(NS(=O)(=O)c2cccc(S(=O)(=O)c3ccccc3)c2)c1. The maximum absolute atomic E-state index is 12.7. The Hall–Kier alpha value is -3.24. The predicted molar refractivity (Wildman–Crippen MR) is 102 cm³/mol. The zero-order chi connectivity index (χ0) is 20.4. The van der Waals surface area contributed by atoms with E-state index in [1.807, 2.05) is 0 Å². The molecule has 0 bridgehead atoms. The van der Waals surface area contributed by atoms with Crippen LogP contribution in [0.4, 0.5) is 11.4 Å². The summed E-state index contributed by atoms with van der Waals surface area (Å²) in [6, 6.07) is 17.5. The molecule has 0 aliphatic heterocycles. The fourth-order valence-corrected chi connectivity index (χ4v) is 4.94. The molecular formula is C18H14N2O6S2. The summed E-state index contributed by atoms with van der Waals surface area (Å²) in [5.41, 5.74) is -0.286. The minimum Gasteiger partial charge on any atom is -0.279 e. The Morgan fingerprint density at radius 1 is 0.714 bits per heavy atom. The molecule has 0 aliphatic rings. The molecule has 1 N–H and O–H groups in total. The molecule has 10 heteroatoms. The Bertz CT molecular complexity index is 1240. The van der Waals surface area contributed by atoms with Gasteiger partial charge in [-0.2, -0.15) is 0 Å². The van der Waals surface area contributed by atoms with E-state index in [2.05, 4.69) is 4.72 Å². The summed E-state index contributed by atoms with van der Waals surface area (Å²) < 4.78 is 52.9. The number of nitrogens with zero attached hydrogens (tertiary/aromatic N) is 1. The molecule has 3 aromatic rings. The molecule has 3 rings (SSSR count).